The molecule has 0 radical (unpaired) electrons. The topological polar surface area (TPSA) is 62.3 Å². The third-order valence-corrected chi connectivity index (χ3v) is 3.54. The molecule has 0 aliphatic heterocycles. The zero-order valence-corrected chi connectivity index (χ0v) is 12.7. The van der Waals surface area contributed by atoms with E-state index in [1.807, 2.05) is 54.0 Å². The minimum Gasteiger partial charge on any atom is -0.486 e. The molecule has 0 saturated heterocycles. The standard InChI is InChI=1S/C17H19N3O2/c1-12-6-8-13(9-7-12)22-10-16-19-17-14(18)4-3-5-15(17)20(16)11-21-2/h3-9H,10-11,18H2,1-2H3. The summed E-state index contributed by atoms with van der Waals surface area (Å²) in [5.41, 5.74) is 9.59. The molecular weight excluding hydrogens is 278 g/mol. The summed E-state index contributed by atoms with van der Waals surface area (Å²) in [7, 11) is 1.66. The first-order valence-electron chi connectivity index (χ1n) is 7.11. The smallest absolute Gasteiger partial charge is 0.150 e. The molecule has 0 unspecified atom stereocenters. The Bertz CT molecular complexity index is 778. The highest BCUT2D eigenvalue weighted by atomic mass is 16.5. The van der Waals surface area contributed by atoms with Crippen LogP contribution in [0.2, 0.25) is 0 Å². The normalized spacial score (nSPS) is 11.0. The van der Waals surface area contributed by atoms with Gasteiger partial charge in [0.2, 0.25) is 0 Å². The molecule has 0 fully saturated rings. The summed E-state index contributed by atoms with van der Waals surface area (Å²) < 4.78 is 13.1. The molecule has 1 heterocycles. The summed E-state index contributed by atoms with van der Waals surface area (Å²) in [5, 5.41) is 0. The lowest BCUT2D eigenvalue weighted by atomic mass is 10.2. The summed E-state index contributed by atoms with van der Waals surface area (Å²) in [6.07, 6.45) is 0. The first-order valence-corrected chi connectivity index (χ1v) is 7.11. The van der Waals surface area contributed by atoms with Gasteiger partial charge < -0.3 is 19.8 Å². The van der Waals surface area contributed by atoms with Gasteiger partial charge in [-0.2, -0.15) is 0 Å². The lowest BCUT2D eigenvalue weighted by Gasteiger charge is -2.09. The van der Waals surface area contributed by atoms with Gasteiger partial charge in [0.1, 0.15) is 30.4 Å². The maximum atomic E-state index is 6.00. The number of aryl methyl sites for hydroxylation is 1. The van der Waals surface area contributed by atoms with Crippen LogP contribution in [-0.4, -0.2) is 16.7 Å². The zero-order chi connectivity index (χ0) is 15.5. The van der Waals surface area contributed by atoms with Crippen LogP contribution < -0.4 is 10.5 Å². The number of para-hydroxylation sites is 1. The number of anilines is 1. The van der Waals surface area contributed by atoms with Crippen LogP contribution in [-0.2, 0) is 18.1 Å². The van der Waals surface area contributed by atoms with Gasteiger partial charge in [-0.3, -0.25) is 0 Å². The van der Waals surface area contributed by atoms with Crippen LogP contribution in [0.15, 0.2) is 42.5 Å². The summed E-state index contributed by atoms with van der Waals surface area (Å²) in [6.45, 7) is 2.82. The molecule has 2 N–H and O–H groups in total. The number of nitrogens with two attached hydrogens (primary N) is 1. The molecule has 3 aromatic rings. The SMILES string of the molecule is COCn1c(COc2ccc(C)cc2)nc2c(N)cccc21. The number of nitrogen functional groups attached to an aromatic ring is 1. The Morgan fingerprint density at radius 1 is 1.14 bits per heavy atom. The van der Waals surface area contributed by atoms with Crippen molar-refractivity contribution in [2.75, 3.05) is 12.8 Å². The quantitative estimate of drug-likeness (QED) is 0.735. The summed E-state index contributed by atoms with van der Waals surface area (Å²) in [6, 6.07) is 13.7. The lowest BCUT2D eigenvalue weighted by Crippen LogP contribution is -2.08. The van der Waals surface area contributed by atoms with Crippen LogP contribution >= 0.6 is 0 Å². The Labute approximate surface area is 129 Å². The van der Waals surface area contributed by atoms with Gasteiger partial charge in [-0.15, -0.1) is 0 Å². The van der Waals surface area contributed by atoms with Crippen molar-refractivity contribution < 1.29 is 9.47 Å². The molecule has 22 heavy (non-hydrogen) atoms. The van der Waals surface area contributed by atoms with Crippen molar-refractivity contribution in [1.82, 2.24) is 9.55 Å². The Morgan fingerprint density at radius 2 is 1.91 bits per heavy atom. The van der Waals surface area contributed by atoms with Gasteiger partial charge in [-0.1, -0.05) is 23.8 Å². The van der Waals surface area contributed by atoms with Gasteiger partial charge in [0.25, 0.3) is 0 Å². The Hall–Kier alpha value is -2.53. The molecule has 0 aliphatic rings. The van der Waals surface area contributed by atoms with E-state index in [-0.39, 0.29) is 0 Å². The van der Waals surface area contributed by atoms with E-state index in [0.717, 1.165) is 22.6 Å². The average Bonchev–Trinajstić information content (AvgIpc) is 2.87. The van der Waals surface area contributed by atoms with Crippen LogP contribution in [0.4, 0.5) is 5.69 Å². The fraction of sp³-hybridized carbons (Fsp3) is 0.235. The molecule has 0 atom stereocenters. The fourth-order valence-corrected chi connectivity index (χ4v) is 2.38. The van der Waals surface area contributed by atoms with E-state index >= 15 is 0 Å². The number of aromatic nitrogens is 2. The number of rotatable bonds is 5. The summed E-state index contributed by atoms with van der Waals surface area (Å²) in [4.78, 5) is 4.60. The molecule has 0 aliphatic carbocycles. The number of ether oxygens (including phenoxy) is 2. The van der Waals surface area contributed by atoms with Crippen molar-refractivity contribution in [2.45, 2.75) is 20.3 Å². The van der Waals surface area contributed by atoms with E-state index in [1.165, 1.54) is 5.56 Å². The van der Waals surface area contributed by atoms with Crippen LogP contribution in [0.1, 0.15) is 11.4 Å². The molecule has 5 heteroatoms. The molecule has 0 bridgehead atoms. The van der Waals surface area contributed by atoms with Crippen molar-refractivity contribution in [2.24, 2.45) is 0 Å². The second-order valence-corrected chi connectivity index (χ2v) is 5.19. The number of methoxy groups -OCH3 is 1. The highest BCUT2D eigenvalue weighted by Gasteiger charge is 2.12. The van der Waals surface area contributed by atoms with Crippen molar-refractivity contribution in [3.05, 3.63) is 53.9 Å². The van der Waals surface area contributed by atoms with E-state index in [2.05, 4.69) is 4.98 Å². The van der Waals surface area contributed by atoms with E-state index in [9.17, 15) is 0 Å². The van der Waals surface area contributed by atoms with E-state index in [0.29, 0.717) is 19.0 Å². The predicted molar refractivity (Wildman–Crippen MR) is 86.7 cm³/mol. The van der Waals surface area contributed by atoms with Gasteiger partial charge in [-0.25, -0.2) is 4.98 Å². The minimum atomic E-state index is 0.362. The molecule has 1 aromatic heterocycles. The number of fused-ring (bicyclic) bond motifs is 1. The molecule has 5 nitrogen and oxygen atoms in total. The van der Waals surface area contributed by atoms with Gasteiger partial charge >= 0.3 is 0 Å². The van der Waals surface area contributed by atoms with E-state index < -0.39 is 0 Å². The van der Waals surface area contributed by atoms with Crippen molar-refractivity contribution >= 4 is 16.7 Å². The molecule has 114 valence electrons. The monoisotopic (exact) mass is 297 g/mol. The molecule has 0 amide bonds. The first kappa shape index (κ1) is 14.4. The van der Waals surface area contributed by atoms with E-state index in [1.54, 1.807) is 7.11 Å². The van der Waals surface area contributed by atoms with Crippen LogP contribution in [0.3, 0.4) is 0 Å². The molecule has 0 saturated carbocycles. The maximum absolute atomic E-state index is 6.00. The zero-order valence-electron chi connectivity index (χ0n) is 12.7. The highest BCUT2D eigenvalue weighted by molar-refractivity contribution is 5.87. The molecule has 3 rings (SSSR count). The Morgan fingerprint density at radius 3 is 2.64 bits per heavy atom. The van der Waals surface area contributed by atoms with Crippen molar-refractivity contribution in [3.8, 4) is 5.75 Å². The van der Waals surface area contributed by atoms with Crippen LogP contribution in [0.25, 0.3) is 11.0 Å². The van der Waals surface area contributed by atoms with Crippen LogP contribution in [0.5, 0.6) is 5.75 Å². The van der Waals surface area contributed by atoms with E-state index in [4.69, 9.17) is 15.2 Å². The molecule has 0 spiro atoms. The third kappa shape index (κ3) is 2.76. The number of imidazole rings is 1. The fourth-order valence-electron chi connectivity index (χ4n) is 2.38. The van der Waals surface area contributed by atoms with Crippen LogP contribution in [0, 0.1) is 6.92 Å². The predicted octanol–water partition coefficient (Wildman–Crippen LogP) is 3.11. The first-order chi connectivity index (χ1) is 10.7. The van der Waals surface area contributed by atoms with Gasteiger partial charge in [0.15, 0.2) is 0 Å². The summed E-state index contributed by atoms with van der Waals surface area (Å²) in [5.74, 6) is 1.60. The maximum Gasteiger partial charge on any atom is 0.150 e. The molecule has 2 aromatic carbocycles. The second kappa shape index (κ2) is 6.07. The molecular formula is C17H19N3O2. The van der Waals surface area contributed by atoms with Gasteiger partial charge in [0, 0.05) is 7.11 Å². The Balaban J connectivity index is 1.90. The number of hydrogen-bond donors (Lipinski definition) is 1. The average molecular weight is 297 g/mol. The number of benzene rings is 2. The second-order valence-electron chi connectivity index (χ2n) is 5.19. The summed E-state index contributed by atoms with van der Waals surface area (Å²) >= 11 is 0. The van der Waals surface area contributed by atoms with Gasteiger partial charge in [0.05, 0.1) is 11.2 Å². The number of nitrogens with zero attached hydrogens (tertiary/aromatic N) is 2. The van der Waals surface area contributed by atoms with Gasteiger partial charge in [-0.05, 0) is 31.2 Å². The lowest BCUT2D eigenvalue weighted by molar-refractivity contribution is 0.127. The number of hydrogen-bond acceptors (Lipinski definition) is 4. The minimum absolute atomic E-state index is 0.362. The third-order valence-electron chi connectivity index (χ3n) is 3.54. The van der Waals surface area contributed by atoms with Crippen molar-refractivity contribution in [3.63, 3.8) is 0 Å². The highest BCUT2D eigenvalue weighted by Crippen LogP contribution is 2.23. The van der Waals surface area contributed by atoms with Crippen molar-refractivity contribution in [1.29, 1.82) is 0 Å². The Kier molecular flexibility index (Phi) is 3.98. The largest absolute Gasteiger partial charge is 0.486 e.